The van der Waals surface area contributed by atoms with Gasteiger partial charge >= 0.3 is 5.97 Å². The summed E-state index contributed by atoms with van der Waals surface area (Å²) in [6, 6.07) is 2.25. The SMILES string of the molecule is Cc1nc(NC2CCC(C(=O)O)CC2)c2cc[nH]c2n1. The molecule has 1 aliphatic rings. The van der Waals surface area contributed by atoms with Crippen LogP contribution in [-0.4, -0.2) is 32.1 Å². The number of aromatic nitrogens is 3. The first-order valence-electron chi connectivity index (χ1n) is 6.94. The van der Waals surface area contributed by atoms with Crippen molar-refractivity contribution < 1.29 is 9.90 Å². The molecule has 106 valence electrons. The number of fused-ring (bicyclic) bond motifs is 1. The van der Waals surface area contributed by atoms with Crippen LogP contribution >= 0.6 is 0 Å². The zero-order valence-electron chi connectivity index (χ0n) is 11.4. The number of carboxylic acid groups (broad SMARTS) is 1. The molecule has 0 aromatic carbocycles. The molecule has 0 atom stereocenters. The summed E-state index contributed by atoms with van der Waals surface area (Å²) in [4.78, 5) is 22.9. The number of aromatic amines is 1. The number of H-pyrrole nitrogens is 1. The fourth-order valence-electron chi connectivity index (χ4n) is 2.84. The second-order valence-corrected chi connectivity index (χ2v) is 5.39. The number of aliphatic carboxylic acids is 1. The van der Waals surface area contributed by atoms with Crippen molar-refractivity contribution in [3.8, 4) is 0 Å². The third-order valence-electron chi connectivity index (χ3n) is 3.94. The molecule has 0 saturated heterocycles. The Morgan fingerprint density at radius 2 is 2.10 bits per heavy atom. The molecule has 1 aliphatic carbocycles. The van der Waals surface area contributed by atoms with Crippen molar-refractivity contribution in [2.75, 3.05) is 5.32 Å². The molecule has 6 nitrogen and oxygen atoms in total. The van der Waals surface area contributed by atoms with Gasteiger partial charge in [0.05, 0.1) is 11.3 Å². The van der Waals surface area contributed by atoms with Gasteiger partial charge in [0.25, 0.3) is 0 Å². The Labute approximate surface area is 116 Å². The van der Waals surface area contributed by atoms with Gasteiger partial charge < -0.3 is 15.4 Å². The fraction of sp³-hybridized carbons (Fsp3) is 0.500. The molecular weight excluding hydrogens is 256 g/mol. The quantitative estimate of drug-likeness (QED) is 0.799. The van der Waals surface area contributed by atoms with Crippen LogP contribution in [0.25, 0.3) is 11.0 Å². The van der Waals surface area contributed by atoms with Gasteiger partial charge in [-0.05, 0) is 38.7 Å². The standard InChI is InChI=1S/C14H18N4O2/c1-8-16-12-11(6-7-15-12)13(17-8)18-10-4-2-9(3-5-10)14(19)20/h6-7,9-10H,2-5H2,1H3,(H,19,20)(H2,15,16,17,18). The molecule has 0 radical (unpaired) electrons. The van der Waals surface area contributed by atoms with Gasteiger partial charge in [-0.15, -0.1) is 0 Å². The minimum Gasteiger partial charge on any atom is -0.481 e. The lowest BCUT2D eigenvalue weighted by atomic mass is 9.86. The van der Waals surface area contributed by atoms with Crippen molar-refractivity contribution in [3.63, 3.8) is 0 Å². The Kier molecular flexibility index (Phi) is 3.30. The summed E-state index contributed by atoms with van der Waals surface area (Å²) < 4.78 is 0. The number of hydrogen-bond donors (Lipinski definition) is 3. The second kappa shape index (κ2) is 5.11. The van der Waals surface area contributed by atoms with Crippen molar-refractivity contribution >= 4 is 22.8 Å². The summed E-state index contributed by atoms with van der Waals surface area (Å²) in [6.45, 7) is 1.87. The van der Waals surface area contributed by atoms with Gasteiger partial charge in [0, 0.05) is 12.2 Å². The van der Waals surface area contributed by atoms with Gasteiger partial charge in [-0.1, -0.05) is 0 Å². The highest BCUT2D eigenvalue weighted by molar-refractivity contribution is 5.87. The van der Waals surface area contributed by atoms with E-state index in [0.29, 0.717) is 0 Å². The number of nitrogens with one attached hydrogen (secondary N) is 2. The number of anilines is 1. The van der Waals surface area contributed by atoms with E-state index in [1.165, 1.54) is 0 Å². The van der Waals surface area contributed by atoms with Gasteiger partial charge in [0.15, 0.2) is 0 Å². The maximum atomic E-state index is 11.0. The van der Waals surface area contributed by atoms with Gasteiger partial charge in [0.2, 0.25) is 0 Å². The lowest BCUT2D eigenvalue weighted by Crippen LogP contribution is -2.29. The summed E-state index contributed by atoms with van der Waals surface area (Å²) in [5, 5.41) is 13.4. The largest absolute Gasteiger partial charge is 0.481 e. The number of rotatable bonds is 3. The Bertz CT molecular complexity index is 629. The van der Waals surface area contributed by atoms with Gasteiger partial charge in [-0.3, -0.25) is 4.79 Å². The van der Waals surface area contributed by atoms with Gasteiger partial charge in [0.1, 0.15) is 17.3 Å². The average molecular weight is 274 g/mol. The van der Waals surface area contributed by atoms with E-state index in [-0.39, 0.29) is 12.0 Å². The van der Waals surface area contributed by atoms with Crippen molar-refractivity contribution in [2.24, 2.45) is 5.92 Å². The first-order valence-corrected chi connectivity index (χ1v) is 6.94. The summed E-state index contributed by atoms with van der Waals surface area (Å²) in [5.41, 5.74) is 0.833. The lowest BCUT2D eigenvalue weighted by Gasteiger charge is -2.27. The third-order valence-corrected chi connectivity index (χ3v) is 3.94. The average Bonchev–Trinajstić information content (AvgIpc) is 2.87. The second-order valence-electron chi connectivity index (χ2n) is 5.39. The fourth-order valence-corrected chi connectivity index (χ4v) is 2.84. The van der Waals surface area contributed by atoms with E-state index in [1.54, 1.807) is 0 Å². The van der Waals surface area contributed by atoms with E-state index in [4.69, 9.17) is 5.11 Å². The molecule has 0 amide bonds. The van der Waals surface area contributed by atoms with E-state index in [2.05, 4.69) is 20.3 Å². The molecule has 0 unspecified atom stereocenters. The molecule has 0 spiro atoms. The predicted molar refractivity (Wildman–Crippen MR) is 75.6 cm³/mol. The number of carboxylic acids is 1. The molecule has 2 aromatic heterocycles. The van der Waals surface area contributed by atoms with Crippen LogP contribution in [0.3, 0.4) is 0 Å². The minimum atomic E-state index is -0.672. The highest BCUT2D eigenvalue weighted by Crippen LogP contribution is 2.28. The lowest BCUT2D eigenvalue weighted by molar-refractivity contribution is -0.142. The molecular formula is C14H18N4O2. The van der Waals surface area contributed by atoms with Crippen LogP contribution in [0.2, 0.25) is 0 Å². The van der Waals surface area contributed by atoms with Crippen LogP contribution in [0.1, 0.15) is 31.5 Å². The normalized spacial score (nSPS) is 22.9. The van der Waals surface area contributed by atoms with Crippen LogP contribution in [0.4, 0.5) is 5.82 Å². The van der Waals surface area contributed by atoms with Crippen molar-refractivity contribution in [2.45, 2.75) is 38.6 Å². The van der Waals surface area contributed by atoms with Crippen molar-refractivity contribution in [3.05, 3.63) is 18.1 Å². The summed E-state index contributed by atoms with van der Waals surface area (Å²) >= 11 is 0. The number of aryl methyl sites for hydroxylation is 1. The smallest absolute Gasteiger partial charge is 0.306 e. The predicted octanol–water partition coefficient (Wildman–Crippen LogP) is 2.32. The van der Waals surface area contributed by atoms with Gasteiger partial charge in [-0.2, -0.15) is 0 Å². The van der Waals surface area contributed by atoms with Crippen LogP contribution in [0.5, 0.6) is 0 Å². The van der Waals surface area contributed by atoms with Crippen molar-refractivity contribution in [1.82, 2.24) is 15.0 Å². The van der Waals surface area contributed by atoms with Crippen LogP contribution < -0.4 is 5.32 Å². The maximum absolute atomic E-state index is 11.0. The molecule has 3 N–H and O–H groups in total. The van der Waals surface area contributed by atoms with E-state index in [9.17, 15) is 4.79 Å². The summed E-state index contributed by atoms with van der Waals surface area (Å²) in [7, 11) is 0. The monoisotopic (exact) mass is 274 g/mol. The Balaban J connectivity index is 1.74. The summed E-state index contributed by atoms with van der Waals surface area (Å²) in [5.74, 6) is 0.705. The number of hydrogen-bond acceptors (Lipinski definition) is 4. The molecule has 6 heteroatoms. The zero-order chi connectivity index (χ0) is 14.1. The third kappa shape index (κ3) is 2.45. The Morgan fingerprint density at radius 1 is 1.35 bits per heavy atom. The molecule has 1 saturated carbocycles. The van der Waals surface area contributed by atoms with E-state index < -0.39 is 5.97 Å². The molecule has 20 heavy (non-hydrogen) atoms. The molecule has 1 fully saturated rings. The molecule has 0 aliphatic heterocycles. The van der Waals surface area contributed by atoms with Crippen LogP contribution in [-0.2, 0) is 4.79 Å². The molecule has 3 rings (SSSR count). The maximum Gasteiger partial charge on any atom is 0.306 e. The van der Waals surface area contributed by atoms with E-state index in [0.717, 1.165) is 48.4 Å². The van der Waals surface area contributed by atoms with Crippen LogP contribution in [0.15, 0.2) is 12.3 Å². The molecule has 2 heterocycles. The first kappa shape index (κ1) is 12.9. The zero-order valence-corrected chi connectivity index (χ0v) is 11.4. The summed E-state index contributed by atoms with van der Waals surface area (Å²) in [6.07, 6.45) is 5.05. The topological polar surface area (TPSA) is 90.9 Å². The Morgan fingerprint density at radius 3 is 2.80 bits per heavy atom. The van der Waals surface area contributed by atoms with Gasteiger partial charge in [-0.25, -0.2) is 9.97 Å². The minimum absolute atomic E-state index is 0.188. The highest BCUT2D eigenvalue weighted by Gasteiger charge is 2.26. The first-order chi connectivity index (χ1) is 9.63. The van der Waals surface area contributed by atoms with E-state index in [1.807, 2.05) is 19.2 Å². The highest BCUT2D eigenvalue weighted by atomic mass is 16.4. The molecule has 2 aromatic rings. The number of nitrogens with zero attached hydrogens (tertiary/aromatic N) is 2. The Hall–Kier alpha value is -2.11. The number of carbonyl (C=O) groups is 1. The van der Waals surface area contributed by atoms with Crippen LogP contribution in [0, 0.1) is 12.8 Å². The van der Waals surface area contributed by atoms with E-state index >= 15 is 0 Å². The van der Waals surface area contributed by atoms with Crippen molar-refractivity contribution in [1.29, 1.82) is 0 Å². The molecule has 0 bridgehead atoms.